The molecule has 6 N–H and O–H groups in total. The molecule has 0 aromatic carbocycles. The number of nitrogen functional groups attached to an aromatic ring is 2. The number of thiol groups is 2. The number of nitrogens with one attached hydrogen (secondary N) is 2. The lowest BCUT2D eigenvalue weighted by Gasteiger charge is -2.27. The highest BCUT2D eigenvalue weighted by atomic mass is 32.7. The summed E-state index contributed by atoms with van der Waals surface area (Å²) < 4.78 is 80.9. The number of aromatic amines is 1. The maximum Gasteiger partial charge on any atom is 0.386 e. The number of methoxy groups -OCH3 is 1. The topological polar surface area (TPSA) is 261 Å². The number of nitrogens with two attached hydrogens (primary N) is 2. The van der Waals surface area contributed by atoms with Gasteiger partial charge in [-0.3, -0.25) is 32.5 Å². The maximum absolute atomic E-state index is 16.1. The number of alkyl halides is 1. The van der Waals surface area contributed by atoms with Crippen LogP contribution in [0.4, 0.5) is 16.2 Å². The van der Waals surface area contributed by atoms with Crippen molar-refractivity contribution >= 4 is 72.1 Å². The molecule has 0 aliphatic carbocycles. The molecule has 0 saturated carbocycles. The summed E-state index contributed by atoms with van der Waals surface area (Å²) in [4.78, 5) is 35.1. The molecule has 0 radical (unpaired) electrons. The zero-order valence-electron chi connectivity index (χ0n) is 23.4. The molecule has 3 aliphatic rings. The predicted octanol–water partition coefficient (Wildman–Crippen LogP) is 0.738. The van der Waals surface area contributed by atoms with Crippen LogP contribution in [-0.4, -0.2) is 96.0 Å². The van der Waals surface area contributed by atoms with Gasteiger partial charge in [-0.05, 0) is 0 Å². The Balaban J connectivity index is 1.22. The molecule has 3 fully saturated rings. The molecular weight excluding hydrogens is 695 g/mol. The lowest BCUT2D eigenvalue weighted by molar-refractivity contribution is -0.0501. The first-order chi connectivity index (χ1) is 21.9. The summed E-state index contributed by atoms with van der Waals surface area (Å²) in [6, 6.07) is -1.37. The average molecular weight is 722 g/mol. The van der Waals surface area contributed by atoms with Gasteiger partial charge in [0.2, 0.25) is 5.95 Å². The van der Waals surface area contributed by atoms with Crippen LogP contribution < -0.4 is 22.1 Å². The van der Waals surface area contributed by atoms with Crippen molar-refractivity contribution in [1.29, 1.82) is 0 Å². The normalized spacial score (nSPS) is 37.1. The molecule has 8 unspecified atom stereocenters. The summed E-state index contributed by atoms with van der Waals surface area (Å²) in [6.07, 6.45) is -5.32. The number of halogens is 1. The SMILES string of the molecule is COC1C2CO[P@@](=O)(S)NC3C(CO[P@](=O)(S)OC1C(n1cnc4c(=O)[nH]c(N)nc41)O2)OC(n1cnc2c(N)ncnc21)C3F. The lowest BCUT2D eigenvalue weighted by atomic mass is 10.1. The van der Waals surface area contributed by atoms with Crippen LogP contribution >= 0.6 is 38.0 Å². The molecule has 0 spiro atoms. The molecule has 3 aliphatic heterocycles. The standard InChI is InChI=1S/C21H26FN11O9P2S2/c1-37-13-8-3-38-43(35,45)31-10-7(40-19(9(10)22)32-5-27-11-15(23)25-4-26-16(11)32)2-39-44(36,46)42-14(13)20(41-8)33-6-28-12-17(33)29-21(24)30-18(12)34/h4-10,13-14,19-20H,2-3H2,1H3,(H,36,46)(H2,23,25,26)(H2,31,35,45)(H3,24,29,30,34)/t7?,8?,9?,10?,13?,14?,19?,20?,43-,44+/m1/s1. The molecule has 4 aromatic heterocycles. The second kappa shape index (κ2) is 11.8. The number of rotatable bonds is 3. The maximum atomic E-state index is 16.1. The van der Waals surface area contributed by atoms with E-state index in [0.29, 0.717) is 0 Å². The van der Waals surface area contributed by atoms with Gasteiger partial charge in [0.25, 0.3) is 5.56 Å². The van der Waals surface area contributed by atoms with Gasteiger partial charge in [-0.2, -0.15) is 4.98 Å². The Morgan fingerprint density at radius 2 is 1.70 bits per heavy atom. The predicted molar refractivity (Wildman–Crippen MR) is 163 cm³/mol. The van der Waals surface area contributed by atoms with Crippen molar-refractivity contribution in [2.45, 2.75) is 49.1 Å². The Labute approximate surface area is 267 Å². The van der Waals surface area contributed by atoms with Crippen molar-refractivity contribution in [3.63, 3.8) is 0 Å². The van der Waals surface area contributed by atoms with Gasteiger partial charge >= 0.3 is 13.5 Å². The number of hydrogen-bond acceptors (Lipinski definition) is 16. The number of fused-ring (bicyclic) bond motifs is 5. The zero-order chi connectivity index (χ0) is 32.5. The second-order valence-corrected chi connectivity index (χ2v) is 16.5. The molecule has 20 nitrogen and oxygen atoms in total. The summed E-state index contributed by atoms with van der Waals surface area (Å²) in [7, 11) is 1.33. The summed E-state index contributed by atoms with van der Waals surface area (Å²) in [5.74, 6) is -0.123. The van der Waals surface area contributed by atoms with E-state index in [9.17, 15) is 13.9 Å². The summed E-state index contributed by atoms with van der Waals surface area (Å²) >= 11 is 8.33. The van der Waals surface area contributed by atoms with Crippen molar-refractivity contribution < 1.29 is 41.3 Å². The summed E-state index contributed by atoms with van der Waals surface area (Å²) in [6.45, 7) is -9.42. The van der Waals surface area contributed by atoms with Crippen LogP contribution in [0.15, 0.2) is 23.8 Å². The number of H-pyrrole nitrogens is 1. The molecule has 4 aromatic rings. The molecule has 46 heavy (non-hydrogen) atoms. The molecule has 0 amide bonds. The third kappa shape index (κ3) is 5.62. The molecule has 7 rings (SSSR count). The first-order valence-electron chi connectivity index (χ1n) is 13.4. The van der Waals surface area contributed by atoms with Crippen LogP contribution in [0.1, 0.15) is 12.5 Å². The minimum absolute atomic E-state index is 0.0233. The van der Waals surface area contributed by atoms with E-state index >= 15 is 4.39 Å². The van der Waals surface area contributed by atoms with E-state index < -0.39 is 81.4 Å². The summed E-state index contributed by atoms with van der Waals surface area (Å²) in [5.41, 5.74) is 11.4. The van der Waals surface area contributed by atoms with E-state index in [1.165, 1.54) is 35.2 Å². The Kier molecular flexibility index (Phi) is 8.16. The van der Waals surface area contributed by atoms with E-state index in [0.717, 1.165) is 0 Å². The Hall–Kier alpha value is -2.69. The molecule has 2 bridgehead atoms. The Bertz CT molecular complexity index is 1970. The van der Waals surface area contributed by atoms with Crippen LogP contribution in [0.3, 0.4) is 0 Å². The quantitative estimate of drug-likeness (QED) is 0.126. The highest BCUT2D eigenvalue weighted by Crippen LogP contribution is 2.58. The van der Waals surface area contributed by atoms with Gasteiger partial charge in [-0.15, -0.1) is 0 Å². The number of anilines is 2. The molecule has 3 saturated heterocycles. The molecular formula is C21H26FN11O9P2S2. The monoisotopic (exact) mass is 721 g/mol. The van der Waals surface area contributed by atoms with E-state index in [1.54, 1.807) is 0 Å². The molecule has 10 atom stereocenters. The molecule has 25 heteroatoms. The smallest absolute Gasteiger partial charge is 0.382 e. The number of imidazole rings is 2. The van der Waals surface area contributed by atoms with Crippen molar-refractivity contribution in [3.05, 3.63) is 29.3 Å². The van der Waals surface area contributed by atoms with Crippen molar-refractivity contribution in [1.82, 2.24) is 44.1 Å². The fourth-order valence-corrected chi connectivity index (χ4v) is 8.80. The Morgan fingerprint density at radius 1 is 1.00 bits per heavy atom. The fourth-order valence-electron chi connectivity index (χ4n) is 5.64. The van der Waals surface area contributed by atoms with Crippen molar-refractivity contribution in [3.8, 4) is 0 Å². The van der Waals surface area contributed by atoms with Gasteiger partial charge < -0.3 is 30.2 Å². The van der Waals surface area contributed by atoms with Crippen molar-refractivity contribution in [2.24, 2.45) is 0 Å². The highest BCUT2D eigenvalue weighted by molar-refractivity contribution is 8.45. The van der Waals surface area contributed by atoms with E-state index in [4.69, 9.17) is 39.2 Å². The van der Waals surface area contributed by atoms with Crippen LogP contribution in [0, 0.1) is 0 Å². The third-order valence-electron chi connectivity index (χ3n) is 7.66. The van der Waals surface area contributed by atoms with Gasteiger partial charge in [0.1, 0.15) is 36.3 Å². The van der Waals surface area contributed by atoms with Crippen LogP contribution in [0.2, 0.25) is 0 Å². The summed E-state index contributed by atoms with van der Waals surface area (Å²) in [5, 5.41) is 2.59. The van der Waals surface area contributed by atoms with Crippen LogP contribution in [-0.2, 0) is 36.9 Å². The number of hydrogen-bond donors (Lipinski definition) is 6. The molecule has 7 heterocycles. The molecule has 248 valence electrons. The van der Waals surface area contributed by atoms with E-state index in [2.05, 4.69) is 59.5 Å². The minimum atomic E-state index is -4.32. The first kappa shape index (κ1) is 31.9. The lowest BCUT2D eigenvalue weighted by Crippen LogP contribution is -2.42. The van der Waals surface area contributed by atoms with Gasteiger partial charge in [0.15, 0.2) is 41.3 Å². The fraction of sp³-hybridized carbons (Fsp3) is 0.524. The van der Waals surface area contributed by atoms with Gasteiger partial charge in [0.05, 0.1) is 31.9 Å². The van der Waals surface area contributed by atoms with Gasteiger partial charge in [0, 0.05) is 7.11 Å². The third-order valence-corrected chi connectivity index (χ3v) is 11.1. The van der Waals surface area contributed by atoms with Crippen LogP contribution in [0.25, 0.3) is 22.3 Å². The first-order valence-corrected chi connectivity index (χ1v) is 18.9. The number of nitrogens with zero attached hydrogens (tertiary/aromatic N) is 7. The second-order valence-electron chi connectivity index (χ2n) is 10.4. The van der Waals surface area contributed by atoms with Gasteiger partial charge in [-0.1, -0.05) is 24.5 Å². The highest BCUT2D eigenvalue weighted by Gasteiger charge is 2.53. The van der Waals surface area contributed by atoms with Gasteiger partial charge in [-0.25, -0.2) is 34.0 Å². The largest absolute Gasteiger partial charge is 0.386 e. The van der Waals surface area contributed by atoms with E-state index in [1.807, 2.05) is 0 Å². The van der Waals surface area contributed by atoms with Crippen LogP contribution in [0.5, 0.6) is 0 Å². The number of ether oxygens (including phenoxy) is 3. The number of aromatic nitrogens is 8. The van der Waals surface area contributed by atoms with Crippen molar-refractivity contribution in [2.75, 3.05) is 31.8 Å². The van der Waals surface area contributed by atoms with E-state index in [-0.39, 0.29) is 34.1 Å². The average Bonchev–Trinajstić information content (AvgIpc) is 3.75. The Morgan fingerprint density at radius 3 is 2.46 bits per heavy atom. The zero-order valence-corrected chi connectivity index (χ0v) is 27.0. The minimum Gasteiger partial charge on any atom is -0.382 e.